The average Bonchev–Trinajstić information content (AvgIpc) is 2.17. The highest BCUT2D eigenvalue weighted by Gasteiger charge is 2.06. The summed E-state index contributed by atoms with van der Waals surface area (Å²) < 4.78 is 0. The molecule has 0 spiro atoms. The Morgan fingerprint density at radius 2 is 1.71 bits per heavy atom. The van der Waals surface area contributed by atoms with Crippen LogP contribution in [0.4, 0.5) is 0 Å². The first-order valence-corrected chi connectivity index (χ1v) is 4.76. The first kappa shape index (κ1) is 9.22. The zero-order valence-electron chi connectivity index (χ0n) is 7.75. The van der Waals surface area contributed by atoms with Crippen LogP contribution < -0.4 is 0 Å². The highest BCUT2D eigenvalue weighted by atomic mass is 35.5. The van der Waals surface area contributed by atoms with Gasteiger partial charge < -0.3 is 0 Å². The number of carbonyl (C=O) groups excluding carboxylic acids is 1. The number of hydrogen-bond donors (Lipinski definition) is 0. The minimum atomic E-state index is -0.402. The molecule has 0 aliphatic rings. The van der Waals surface area contributed by atoms with Crippen molar-refractivity contribution in [3.05, 3.63) is 47.5 Å². The standard InChI is InChI=1S/C12H9ClO/c1-8-4-2-6-10-9(8)5-3-7-11(10)12(13)14/h2-7H,1H3. The molecule has 0 unspecified atom stereocenters. The summed E-state index contributed by atoms with van der Waals surface area (Å²) in [5.74, 6) is 0. The van der Waals surface area contributed by atoms with Crippen molar-refractivity contribution in [3.63, 3.8) is 0 Å². The average molecular weight is 205 g/mol. The molecule has 0 fully saturated rings. The normalized spacial score (nSPS) is 10.4. The third-order valence-electron chi connectivity index (χ3n) is 2.35. The molecule has 0 aromatic heterocycles. The van der Waals surface area contributed by atoms with E-state index in [1.165, 1.54) is 0 Å². The fraction of sp³-hybridized carbons (Fsp3) is 0.0833. The van der Waals surface area contributed by atoms with E-state index in [2.05, 4.69) is 0 Å². The summed E-state index contributed by atoms with van der Waals surface area (Å²) in [5, 5.41) is 1.60. The van der Waals surface area contributed by atoms with Gasteiger partial charge >= 0.3 is 0 Å². The first-order chi connectivity index (χ1) is 6.70. The Morgan fingerprint density at radius 1 is 1.07 bits per heavy atom. The molecule has 0 aliphatic carbocycles. The molecule has 2 heteroatoms. The monoisotopic (exact) mass is 204 g/mol. The summed E-state index contributed by atoms with van der Waals surface area (Å²) in [5.41, 5.74) is 1.73. The lowest BCUT2D eigenvalue weighted by atomic mass is 10.0. The second-order valence-corrected chi connectivity index (χ2v) is 3.59. The van der Waals surface area contributed by atoms with Crippen LogP contribution in [0.25, 0.3) is 10.8 Å². The van der Waals surface area contributed by atoms with Gasteiger partial charge in [0.1, 0.15) is 0 Å². The Morgan fingerprint density at radius 3 is 2.43 bits per heavy atom. The summed E-state index contributed by atoms with van der Waals surface area (Å²) in [7, 11) is 0. The van der Waals surface area contributed by atoms with Crippen LogP contribution >= 0.6 is 11.6 Å². The molecule has 0 N–H and O–H groups in total. The molecular weight excluding hydrogens is 196 g/mol. The topological polar surface area (TPSA) is 17.1 Å². The van der Waals surface area contributed by atoms with Crippen LogP contribution in [0.3, 0.4) is 0 Å². The van der Waals surface area contributed by atoms with Crippen LogP contribution in [0.5, 0.6) is 0 Å². The van der Waals surface area contributed by atoms with Crippen LogP contribution in [0.15, 0.2) is 36.4 Å². The van der Waals surface area contributed by atoms with E-state index in [-0.39, 0.29) is 0 Å². The molecule has 0 heterocycles. The Kier molecular flexibility index (Phi) is 2.26. The maximum Gasteiger partial charge on any atom is 0.253 e. The summed E-state index contributed by atoms with van der Waals surface area (Å²) in [6.45, 7) is 2.02. The number of halogens is 1. The lowest BCUT2D eigenvalue weighted by Gasteiger charge is -2.04. The molecule has 14 heavy (non-hydrogen) atoms. The van der Waals surface area contributed by atoms with Crippen molar-refractivity contribution in [2.45, 2.75) is 6.92 Å². The Hall–Kier alpha value is -1.34. The van der Waals surface area contributed by atoms with Crippen molar-refractivity contribution in [2.24, 2.45) is 0 Å². The molecule has 2 aromatic rings. The van der Waals surface area contributed by atoms with E-state index in [0.29, 0.717) is 5.56 Å². The lowest BCUT2D eigenvalue weighted by Crippen LogP contribution is -1.91. The van der Waals surface area contributed by atoms with Crippen LogP contribution in [0.1, 0.15) is 15.9 Å². The summed E-state index contributed by atoms with van der Waals surface area (Å²) >= 11 is 5.50. The van der Waals surface area contributed by atoms with Gasteiger partial charge in [0.25, 0.3) is 5.24 Å². The van der Waals surface area contributed by atoms with Gasteiger partial charge in [-0.2, -0.15) is 0 Å². The molecule has 2 rings (SSSR count). The van der Waals surface area contributed by atoms with E-state index in [1.54, 1.807) is 6.07 Å². The third-order valence-corrected chi connectivity index (χ3v) is 2.56. The van der Waals surface area contributed by atoms with Gasteiger partial charge in [-0.3, -0.25) is 4.79 Å². The minimum Gasteiger partial charge on any atom is -0.276 e. The number of fused-ring (bicyclic) bond motifs is 1. The van der Waals surface area contributed by atoms with E-state index >= 15 is 0 Å². The number of hydrogen-bond acceptors (Lipinski definition) is 1. The zero-order chi connectivity index (χ0) is 10.1. The molecule has 0 saturated heterocycles. The Bertz CT molecular complexity index is 503. The SMILES string of the molecule is Cc1cccc2c(C(=O)Cl)cccc12. The summed E-state index contributed by atoms with van der Waals surface area (Å²) in [6.07, 6.45) is 0. The second-order valence-electron chi connectivity index (χ2n) is 3.25. The highest BCUT2D eigenvalue weighted by molar-refractivity contribution is 6.68. The van der Waals surface area contributed by atoms with Crippen LogP contribution in [-0.2, 0) is 0 Å². The van der Waals surface area contributed by atoms with Gasteiger partial charge in [0.15, 0.2) is 0 Å². The Labute approximate surface area is 87.3 Å². The lowest BCUT2D eigenvalue weighted by molar-refractivity contribution is 0.108. The van der Waals surface area contributed by atoms with Crippen molar-refractivity contribution < 1.29 is 4.79 Å². The highest BCUT2D eigenvalue weighted by Crippen LogP contribution is 2.22. The van der Waals surface area contributed by atoms with E-state index < -0.39 is 5.24 Å². The molecular formula is C12H9ClO. The molecule has 0 amide bonds. The summed E-state index contributed by atoms with van der Waals surface area (Å²) in [6, 6.07) is 11.5. The largest absolute Gasteiger partial charge is 0.276 e. The fourth-order valence-corrected chi connectivity index (χ4v) is 1.80. The van der Waals surface area contributed by atoms with Crippen molar-refractivity contribution in [1.82, 2.24) is 0 Å². The van der Waals surface area contributed by atoms with Crippen molar-refractivity contribution in [3.8, 4) is 0 Å². The maximum absolute atomic E-state index is 11.1. The van der Waals surface area contributed by atoms with Gasteiger partial charge in [0.2, 0.25) is 0 Å². The number of benzene rings is 2. The molecule has 0 saturated carbocycles. The third kappa shape index (κ3) is 1.40. The molecule has 0 atom stereocenters. The molecule has 2 aromatic carbocycles. The number of rotatable bonds is 1. The molecule has 0 radical (unpaired) electrons. The van der Waals surface area contributed by atoms with E-state index in [0.717, 1.165) is 16.3 Å². The van der Waals surface area contributed by atoms with Gasteiger partial charge in [-0.1, -0.05) is 30.3 Å². The van der Waals surface area contributed by atoms with Crippen molar-refractivity contribution in [2.75, 3.05) is 0 Å². The van der Waals surface area contributed by atoms with E-state index in [9.17, 15) is 4.79 Å². The fourth-order valence-electron chi connectivity index (χ4n) is 1.64. The van der Waals surface area contributed by atoms with Crippen LogP contribution in [-0.4, -0.2) is 5.24 Å². The smallest absolute Gasteiger partial charge is 0.253 e. The van der Waals surface area contributed by atoms with Crippen molar-refractivity contribution >= 4 is 27.6 Å². The molecule has 70 valence electrons. The molecule has 1 nitrogen and oxygen atoms in total. The predicted molar refractivity (Wildman–Crippen MR) is 58.9 cm³/mol. The van der Waals surface area contributed by atoms with E-state index in [4.69, 9.17) is 11.6 Å². The number of carbonyl (C=O) groups is 1. The van der Waals surface area contributed by atoms with Crippen LogP contribution in [0, 0.1) is 6.92 Å². The van der Waals surface area contributed by atoms with Crippen LogP contribution in [0.2, 0.25) is 0 Å². The molecule has 0 aliphatic heterocycles. The minimum absolute atomic E-state index is 0.402. The van der Waals surface area contributed by atoms with Crippen molar-refractivity contribution in [1.29, 1.82) is 0 Å². The quantitative estimate of drug-likeness (QED) is 0.650. The first-order valence-electron chi connectivity index (χ1n) is 4.38. The maximum atomic E-state index is 11.1. The second kappa shape index (κ2) is 3.43. The Balaban J connectivity index is 2.88. The van der Waals surface area contributed by atoms with Gasteiger partial charge in [0, 0.05) is 5.56 Å². The van der Waals surface area contributed by atoms with E-state index in [1.807, 2.05) is 37.3 Å². The zero-order valence-corrected chi connectivity index (χ0v) is 8.51. The van der Waals surface area contributed by atoms with Gasteiger partial charge in [-0.25, -0.2) is 0 Å². The predicted octanol–water partition coefficient (Wildman–Crippen LogP) is 3.53. The van der Waals surface area contributed by atoms with Gasteiger partial charge in [-0.15, -0.1) is 0 Å². The summed E-state index contributed by atoms with van der Waals surface area (Å²) in [4.78, 5) is 11.1. The molecule has 0 bridgehead atoms. The van der Waals surface area contributed by atoms with Gasteiger partial charge in [-0.05, 0) is 40.9 Å². The number of aryl methyl sites for hydroxylation is 1. The van der Waals surface area contributed by atoms with Gasteiger partial charge in [0.05, 0.1) is 0 Å².